The molecular formula is C12H21N3O. The van der Waals surface area contributed by atoms with Crippen LogP contribution < -0.4 is 10.6 Å². The third-order valence-electron chi connectivity index (χ3n) is 2.30. The summed E-state index contributed by atoms with van der Waals surface area (Å²) in [7, 11) is 1.93. The minimum Gasteiger partial charge on any atom is -0.389 e. The molecule has 0 saturated carbocycles. The van der Waals surface area contributed by atoms with Crippen LogP contribution in [0.2, 0.25) is 0 Å². The van der Waals surface area contributed by atoms with E-state index in [2.05, 4.69) is 4.98 Å². The number of rotatable bonds is 4. The second-order valence-corrected chi connectivity index (χ2v) is 4.90. The molecule has 0 saturated heterocycles. The fourth-order valence-corrected chi connectivity index (χ4v) is 1.56. The molecule has 0 aliphatic rings. The van der Waals surface area contributed by atoms with E-state index >= 15 is 0 Å². The standard InChI is InChI=1S/C12H21N3O/c1-9(13)11-6-5-10(7-14-11)15(4)8-12(2,3)16/h5-7,9,16H,8,13H2,1-4H3. The van der Waals surface area contributed by atoms with E-state index in [1.807, 2.05) is 31.0 Å². The molecule has 1 atom stereocenters. The van der Waals surface area contributed by atoms with Gasteiger partial charge in [0.25, 0.3) is 0 Å². The van der Waals surface area contributed by atoms with Crippen molar-refractivity contribution in [1.29, 1.82) is 0 Å². The first kappa shape index (κ1) is 12.9. The van der Waals surface area contributed by atoms with Crippen LogP contribution in [-0.2, 0) is 0 Å². The van der Waals surface area contributed by atoms with Gasteiger partial charge in [0.1, 0.15) is 0 Å². The van der Waals surface area contributed by atoms with Gasteiger partial charge >= 0.3 is 0 Å². The summed E-state index contributed by atoms with van der Waals surface area (Å²) in [6.07, 6.45) is 1.78. The van der Waals surface area contributed by atoms with Crippen molar-refractivity contribution in [2.75, 3.05) is 18.5 Å². The summed E-state index contributed by atoms with van der Waals surface area (Å²) in [5.41, 5.74) is 6.87. The molecule has 1 aromatic rings. The zero-order valence-corrected chi connectivity index (χ0v) is 10.4. The summed E-state index contributed by atoms with van der Waals surface area (Å²) in [5, 5.41) is 9.71. The lowest BCUT2D eigenvalue weighted by Crippen LogP contribution is -2.36. The Labute approximate surface area is 97.1 Å². The van der Waals surface area contributed by atoms with Crippen LogP contribution >= 0.6 is 0 Å². The van der Waals surface area contributed by atoms with Crippen molar-refractivity contribution in [1.82, 2.24) is 4.98 Å². The van der Waals surface area contributed by atoms with E-state index in [0.29, 0.717) is 6.54 Å². The Balaban J connectivity index is 2.74. The Morgan fingerprint density at radius 1 is 1.50 bits per heavy atom. The molecule has 0 radical (unpaired) electrons. The molecule has 0 aromatic carbocycles. The zero-order chi connectivity index (χ0) is 12.3. The molecule has 3 N–H and O–H groups in total. The summed E-state index contributed by atoms with van der Waals surface area (Å²) in [6, 6.07) is 3.84. The molecule has 4 heteroatoms. The van der Waals surface area contributed by atoms with Crippen molar-refractivity contribution in [3.8, 4) is 0 Å². The van der Waals surface area contributed by atoms with Crippen molar-refractivity contribution >= 4 is 5.69 Å². The molecule has 16 heavy (non-hydrogen) atoms. The smallest absolute Gasteiger partial charge is 0.0765 e. The van der Waals surface area contributed by atoms with Gasteiger partial charge in [0.15, 0.2) is 0 Å². The average Bonchev–Trinajstić information content (AvgIpc) is 2.15. The van der Waals surface area contributed by atoms with Crippen molar-refractivity contribution in [2.24, 2.45) is 5.73 Å². The van der Waals surface area contributed by atoms with Gasteiger partial charge in [0.2, 0.25) is 0 Å². The van der Waals surface area contributed by atoms with Crippen LogP contribution in [0.15, 0.2) is 18.3 Å². The quantitative estimate of drug-likeness (QED) is 0.808. The van der Waals surface area contributed by atoms with E-state index in [9.17, 15) is 5.11 Å². The van der Waals surface area contributed by atoms with Crippen LogP contribution in [0.25, 0.3) is 0 Å². The Kier molecular flexibility index (Phi) is 3.88. The largest absolute Gasteiger partial charge is 0.389 e. The number of hydrogen-bond donors (Lipinski definition) is 2. The van der Waals surface area contributed by atoms with Gasteiger partial charge in [0.05, 0.1) is 23.2 Å². The van der Waals surface area contributed by atoms with Gasteiger partial charge in [-0.05, 0) is 32.9 Å². The Morgan fingerprint density at radius 2 is 2.12 bits per heavy atom. The van der Waals surface area contributed by atoms with Crippen molar-refractivity contribution in [2.45, 2.75) is 32.4 Å². The Bertz CT molecular complexity index is 327. The summed E-state index contributed by atoms with van der Waals surface area (Å²) in [5.74, 6) is 0. The maximum Gasteiger partial charge on any atom is 0.0765 e. The molecule has 0 fully saturated rings. The SMILES string of the molecule is CC(N)c1ccc(N(C)CC(C)(C)O)cn1. The molecule has 90 valence electrons. The highest BCUT2D eigenvalue weighted by molar-refractivity contribution is 5.44. The molecular weight excluding hydrogens is 202 g/mol. The van der Waals surface area contributed by atoms with E-state index < -0.39 is 5.60 Å². The number of nitrogens with zero attached hydrogens (tertiary/aromatic N) is 2. The van der Waals surface area contributed by atoms with Gasteiger partial charge in [0, 0.05) is 19.6 Å². The van der Waals surface area contributed by atoms with Crippen LogP contribution in [0.4, 0.5) is 5.69 Å². The number of pyridine rings is 1. The Hall–Kier alpha value is -1.13. The van der Waals surface area contributed by atoms with Gasteiger partial charge in [-0.25, -0.2) is 0 Å². The molecule has 0 bridgehead atoms. The predicted octanol–water partition coefficient (Wildman–Crippen LogP) is 1.31. The van der Waals surface area contributed by atoms with Gasteiger partial charge in [-0.1, -0.05) is 0 Å². The summed E-state index contributed by atoms with van der Waals surface area (Å²) in [4.78, 5) is 6.25. The van der Waals surface area contributed by atoms with E-state index in [1.165, 1.54) is 0 Å². The maximum absolute atomic E-state index is 9.71. The number of aliphatic hydroxyl groups is 1. The highest BCUT2D eigenvalue weighted by Crippen LogP contribution is 2.16. The minimum atomic E-state index is -0.714. The minimum absolute atomic E-state index is 0.0476. The maximum atomic E-state index is 9.71. The normalized spacial score (nSPS) is 13.6. The van der Waals surface area contributed by atoms with Gasteiger partial charge < -0.3 is 15.7 Å². The van der Waals surface area contributed by atoms with Gasteiger partial charge in [-0.15, -0.1) is 0 Å². The topological polar surface area (TPSA) is 62.4 Å². The zero-order valence-electron chi connectivity index (χ0n) is 10.4. The van der Waals surface area contributed by atoms with Gasteiger partial charge in [-0.3, -0.25) is 4.98 Å². The first-order valence-electron chi connectivity index (χ1n) is 5.44. The third-order valence-corrected chi connectivity index (χ3v) is 2.30. The molecule has 0 aliphatic carbocycles. The van der Waals surface area contributed by atoms with E-state index in [0.717, 1.165) is 11.4 Å². The number of anilines is 1. The lowest BCUT2D eigenvalue weighted by molar-refractivity contribution is 0.0886. The first-order valence-corrected chi connectivity index (χ1v) is 5.44. The lowest BCUT2D eigenvalue weighted by Gasteiger charge is -2.27. The predicted molar refractivity (Wildman–Crippen MR) is 66.4 cm³/mol. The van der Waals surface area contributed by atoms with E-state index in [1.54, 1.807) is 20.0 Å². The molecule has 0 amide bonds. The summed E-state index contributed by atoms with van der Waals surface area (Å²) >= 11 is 0. The number of nitrogens with two attached hydrogens (primary N) is 1. The van der Waals surface area contributed by atoms with E-state index in [-0.39, 0.29) is 6.04 Å². The lowest BCUT2D eigenvalue weighted by atomic mass is 10.1. The fraction of sp³-hybridized carbons (Fsp3) is 0.583. The van der Waals surface area contributed by atoms with Crippen LogP contribution in [0.3, 0.4) is 0 Å². The van der Waals surface area contributed by atoms with E-state index in [4.69, 9.17) is 5.73 Å². The van der Waals surface area contributed by atoms with Gasteiger partial charge in [-0.2, -0.15) is 0 Å². The fourth-order valence-electron chi connectivity index (χ4n) is 1.56. The van der Waals surface area contributed by atoms with Crippen molar-refractivity contribution in [3.63, 3.8) is 0 Å². The summed E-state index contributed by atoms with van der Waals surface area (Å²) < 4.78 is 0. The van der Waals surface area contributed by atoms with Crippen LogP contribution in [0.5, 0.6) is 0 Å². The molecule has 4 nitrogen and oxygen atoms in total. The highest BCUT2D eigenvalue weighted by Gasteiger charge is 2.16. The molecule has 0 aliphatic heterocycles. The van der Waals surface area contributed by atoms with Crippen LogP contribution in [-0.4, -0.2) is 29.3 Å². The number of likely N-dealkylation sites (N-methyl/N-ethyl adjacent to an activating group) is 1. The Morgan fingerprint density at radius 3 is 2.50 bits per heavy atom. The average molecular weight is 223 g/mol. The second-order valence-electron chi connectivity index (χ2n) is 4.90. The monoisotopic (exact) mass is 223 g/mol. The highest BCUT2D eigenvalue weighted by atomic mass is 16.3. The molecule has 0 spiro atoms. The summed E-state index contributed by atoms with van der Waals surface area (Å²) in [6.45, 7) is 6.04. The molecule has 1 aromatic heterocycles. The molecule has 1 unspecified atom stereocenters. The van der Waals surface area contributed by atoms with Crippen LogP contribution in [0, 0.1) is 0 Å². The molecule has 1 heterocycles. The molecule has 1 rings (SSSR count). The third kappa shape index (κ3) is 3.79. The van der Waals surface area contributed by atoms with Crippen molar-refractivity contribution < 1.29 is 5.11 Å². The first-order chi connectivity index (χ1) is 7.29. The second kappa shape index (κ2) is 4.80. The number of aromatic nitrogens is 1. The van der Waals surface area contributed by atoms with Crippen LogP contribution in [0.1, 0.15) is 32.5 Å². The van der Waals surface area contributed by atoms with Crippen molar-refractivity contribution in [3.05, 3.63) is 24.0 Å². The number of hydrogen-bond acceptors (Lipinski definition) is 4.